The molecule has 0 saturated heterocycles. The van der Waals surface area contributed by atoms with E-state index in [1.54, 1.807) is 12.1 Å². The Morgan fingerprint density at radius 2 is 1.31 bits per heavy atom. The van der Waals surface area contributed by atoms with E-state index < -0.39 is 6.16 Å². The standard InChI is InChI=1S/C27H40N2O3/c1-3-5-7-9-10-12-14-20-31-27(30)32-25-18-16-24(17-19-25)26-28-21-23(22-29-26)15-13-11-8-6-4-2/h16-19,21-22H,3-15,20H2,1-2H3. The molecule has 0 fully saturated rings. The maximum atomic E-state index is 11.9. The monoisotopic (exact) mass is 440 g/mol. The molecule has 1 heterocycles. The first-order chi connectivity index (χ1) is 15.7. The summed E-state index contributed by atoms with van der Waals surface area (Å²) in [5, 5.41) is 0. The largest absolute Gasteiger partial charge is 0.513 e. The van der Waals surface area contributed by atoms with Crippen LogP contribution in [0.4, 0.5) is 4.79 Å². The Morgan fingerprint density at radius 3 is 1.94 bits per heavy atom. The average Bonchev–Trinajstić information content (AvgIpc) is 2.82. The Morgan fingerprint density at radius 1 is 0.750 bits per heavy atom. The highest BCUT2D eigenvalue weighted by Crippen LogP contribution is 2.20. The fourth-order valence-electron chi connectivity index (χ4n) is 3.58. The Labute approximate surface area is 194 Å². The van der Waals surface area contributed by atoms with Crippen molar-refractivity contribution in [2.45, 2.75) is 97.3 Å². The molecule has 5 heteroatoms. The number of nitrogens with zero attached hydrogens (tertiary/aromatic N) is 2. The molecule has 32 heavy (non-hydrogen) atoms. The van der Waals surface area contributed by atoms with Crippen molar-refractivity contribution in [1.29, 1.82) is 0 Å². The van der Waals surface area contributed by atoms with Crippen LogP contribution in [0.15, 0.2) is 36.7 Å². The number of hydrogen-bond donors (Lipinski definition) is 0. The maximum absolute atomic E-state index is 11.9. The number of hydrogen-bond acceptors (Lipinski definition) is 5. The van der Waals surface area contributed by atoms with E-state index in [-0.39, 0.29) is 0 Å². The van der Waals surface area contributed by atoms with Gasteiger partial charge in [-0.15, -0.1) is 0 Å². The van der Waals surface area contributed by atoms with Crippen LogP contribution in [0.2, 0.25) is 0 Å². The third-order valence-corrected chi connectivity index (χ3v) is 5.56. The van der Waals surface area contributed by atoms with Crippen molar-refractivity contribution in [3.63, 3.8) is 0 Å². The molecule has 0 aliphatic rings. The van der Waals surface area contributed by atoms with Crippen molar-refractivity contribution in [2.75, 3.05) is 6.61 Å². The molecule has 0 atom stereocenters. The van der Waals surface area contributed by atoms with Crippen LogP contribution >= 0.6 is 0 Å². The van der Waals surface area contributed by atoms with Crippen LogP contribution in [0.3, 0.4) is 0 Å². The zero-order chi connectivity index (χ0) is 22.9. The molecule has 1 aromatic carbocycles. The molecule has 0 aliphatic heterocycles. The number of carbonyl (C=O) groups excluding carboxylic acids is 1. The number of benzene rings is 1. The third kappa shape index (κ3) is 10.7. The van der Waals surface area contributed by atoms with Crippen LogP contribution in [0, 0.1) is 0 Å². The molecule has 2 aromatic rings. The van der Waals surface area contributed by atoms with Gasteiger partial charge in [-0.1, -0.05) is 78.1 Å². The minimum atomic E-state index is -0.650. The second kappa shape index (κ2) is 16.2. The molecule has 0 unspecified atom stereocenters. The van der Waals surface area contributed by atoms with Gasteiger partial charge in [0.1, 0.15) is 5.75 Å². The van der Waals surface area contributed by atoms with Crippen LogP contribution in [0.25, 0.3) is 11.4 Å². The summed E-state index contributed by atoms with van der Waals surface area (Å²) in [5.74, 6) is 1.13. The summed E-state index contributed by atoms with van der Waals surface area (Å²) in [7, 11) is 0. The Hall–Kier alpha value is -2.43. The molecule has 5 nitrogen and oxygen atoms in total. The third-order valence-electron chi connectivity index (χ3n) is 5.56. The predicted molar refractivity (Wildman–Crippen MR) is 130 cm³/mol. The molecular weight excluding hydrogens is 400 g/mol. The fourth-order valence-corrected chi connectivity index (χ4v) is 3.58. The highest BCUT2D eigenvalue weighted by atomic mass is 16.7. The number of carbonyl (C=O) groups is 1. The van der Waals surface area contributed by atoms with Gasteiger partial charge in [-0.3, -0.25) is 0 Å². The van der Waals surface area contributed by atoms with Gasteiger partial charge >= 0.3 is 6.16 Å². The lowest BCUT2D eigenvalue weighted by Crippen LogP contribution is -2.11. The van der Waals surface area contributed by atoms with E-state index in [4.69, 9.17) is 9.47 Å². The average molecular weight is 441 g/mol. The normalized spacial score (nSPS) is 10.8. The lowest BCUT2D eigenvalue weighted by Gasteiger charge is -2.07. The first-order valence-corrected chi connectivity index (χ1v) is 12.5. The molecule has 0 aliphatic carbocycles. The Kier molecular flexibility index (Phi) is 13.1. The van der Waals surface area contributed by atoms with Gasteiger partial charge in [-0.05, 0) is 49.1 Å². The first-order valence-electron chi connectivity index (χ1n) is 12.5. The molecule has 1 aromatic heterocycles. The smallest absolute Gasteiger partial charge is 0.434 e. The summed E-state index contributed by atoms with van der Waals surface area (Å²) in [4.78, 5) is 20.8. The van der Waals surface area contributed by atoms with Gasteiger partial charge in [0.15, 0.2) is 5.82 Å². The van der Waals surface area contributed by atoms with Crippen molar-refractivity contribution >= 4 is 6.16 Å². The summed E-state index contributed by atoms with van der Waals surface area (Å²) in [6.45, 7) is 4.85. The minimum Gasteiger partial charge on any atom is -0.434 e. The molecule has 0 radical (unpaired) electrons. The minimum absolute atomic E-state index is 0.406. The zero-order valence-electron chi connectivity index (χ0n) is 20.0. The zero-order valence-corrected chi connectivity index (χ0v) is 20.0. The molecule has 0 bridgehead atoms. The van der Waals surface area contributed by atoms with Crippen molar-refractivity contribution in [3.8, 4) is 17.1 Å². The molecule has 2 rings (SSSR count). The number of unbranched alkanes of at least 4 members (excludes halogenated alkanes) is 10. The van der Waals surface area contributed by atoms with Gasteiger partial charge in [0.05, 0.1) is 6.61 Å². The van der Waals surface area contributed by atoms with E-state index in [1.165, 1.54) is 69.8 Å². The fraction of sp³-hybridized carbons (Fsp3) is 0.593. The maximum Gasteiger partial charge on any atom is 0.513 e. The number of aromatic nitrogens is 2. The molecule has 0 spiro atoms. The van der Waals surface area contributed by atoms with E-state index in [1.807, 2.05) is 24.5 Å². The van der Waals surface area contributed by atoms with Gasteiger partial charge < -0.3 is 9.47 Å². The molecule has 0 saturated carbocycles. The predicted octanol–water partition coefficient (Wildman–Crippen LogP) is 7.92. The summed E-state index contributed by atoms with van der Waals surface area (Å²) in [5.41, 5.74) is 2.07. The van der Waals surface area contributed by atoms with Crippen LogP contribution in [-0.4, -0.2) is 22.7 Å². The highest BCUT2D eigenvalue weighted by Gasteiger charge is 2.07. The summed E-state index contributed by atoms with van der Waals surface area (Å²) >= 11 is 0. The lowest BCUT2D eigenvalue weighted by molar-refractivity contribution is 0.0973. The van der Waals surface area contributed by atoms with Crippen molar-refractivity contribution in [1.82, 2.24) is 9.97 Å². The van der Waals surface area contributed by atoms with Gasteiger partial charge in [0, 0.05) is 18.0 Å². The topological polar surface area (TPSA) is 61.3 Å². The van der Waals surface area contributed by atoms with Gasteiger partial charge in [0.25, 0.3) is 0 Å². The Bertz CT molecular complexity index is 745. The molecule has 0 N–H and O–H groups in total. The van der Waals surface area contributed by atoms with Crippen molar-refractivity contribution in [2.24, 2.45) is 0 Å². The second-order valence-corrected chi connectivity index (χ2v) is 8.43. The van der Waals surface area contributed by atoms with Crippen molar-refractivity contribution in [3.05, 3.63) is 42.2 Å². The van der Waals surface area contributed by atoms with Crippen molar-refractivity contribution < 1.29 is 14.3 Å². The molecule has 0 amide bonds. The van der Waals surface area contributed by atoms with E-state index in [0.29, 0.717) is 18.2 Å². The van der Waals surface area contributed by atoms with E-state index in [9.17, 15) is 4.79 Å². The van der Waals surface area contributed by atoms with Gasteiger partial charge in [-0.2, -0.15) is 0 Å². The SMILES string of the molecule is CCCCCCCCCOC(=O)Oc1ccc(-c2ncc(CCCCCCC)cn2)cc1. The Balaban J connectivity index is 1.67. The van der Waals surface area contributed by atoms with Crippen LogP contribution in [-0.2, 0) is 11.2 Å². The van der Waals surface area contributed by atoms with Crippen LogP contribution in [0.1, 0.15) is 96.5 Å². The molecular formula is C27H40N2O3. The summed E-state index contributed by atoms with van der Waals surface area (Å²) in [6, 6.07) is 7.21. The summed E-state index contributed by atoms with van der Waals surface area (Å²) < 4.78 is 10.4. The second-order valence-electron chi connectivity index (χ2n) is 8.43. The number of rotatable bonds is 16. The first kappa shape index (κ1) is 25.8. The van der Waals surface area contributed by atoms with E-state index >= 15 is 0 Å². The summed E-state index contributed by atoms with van der Waals surface area (Å²) in [6.07, 6.45) is 18.8. The van der Waals surface area contributed by atoms with Crippen LogP contribution in [0.5, 0.6) is 5.75 Å². The quantitative estimate of drug-likeness (QED) is 0.151. The van der Waals surface area contributed by atoms with E-state index in [2.05, 4.69) is 23.8 Å². The molecule has 176 valence electrons. The van der Waals surface area contributed by atoms with E-state index in [0.717, 1.165) is 24.8 Å². The highest BCUT2D eigenvalue weighted by molar-refractivity contribution is 5.64. The number of aryl methyl sites for hydroxylation is 1. The lowest BCUT2D eigenvalue weighted by atomic mass is 10.1. The van der Waals surface area contributed by atoms with Gasteiger partial charge in [0.2, 0.25) is 0 Å². The number of ether oxygens (including phenoxy) is 2. The van der Waals surface area contributed by atoms with Crippen LogP contribution < -0.4 is 4.74 Å². The van der Waals surface area contributed by atoms with Gasteiger partial charge in [-0.25, -0.2) is 14.8 Å².